The molecule has 1 amide bonds. The number of aromatic nitrogens is 1. The van der Waals surface area contributed by atoms with E-state index in [2.05, 4.69) is 10.3 Å². The second-order valence-electron chi connectivity index (χ2n) is 4.56. The van der Waals surface area contributed by atoms with Gasteiger partial charge in [0.05, 0.1) is 6.04 Å². The first kappa shape index (κ1) is 14.0. The van der Waals surface area contributed by atoms with Crippen molar-refractivity contribution in [3.63, 3.8) is 0 Å². The first-order valence-corrected chi connectivity index (χ1v) is 6.38. The molecule has 20 heavy (non-hydrogen) atoms. The lowest BCUT2D eigenvalue weighted by molar-refractivity contribution is 0.0938. The minimum absolute atomic E-state index is 0.109. The molecular weight excluding hydrogens is 254 g/mol. The molecule has 104 valence electrons. The topological polar surface area (TPSA) is 88.0 Å². The van der Waals surface area contributed by atoms with Crippen LogP contribution in [-0.4, -0.2) is 10.9 Å². The van der Waals surface area contributed by atoms with Crippen LogP contribution >= 0.6 is 0 Å². The minimum atomic E-state index is -0.387. The summed E-state index contributed by atoms with van der Waals surface area (Å²) in [5, 5.41) is 2.80. The van der Waals surface area contributed by atoms with Gasteiger partial charge in [0.25, 0.3) is 5.91 Å². The standard InChI is InChI=1S/C15H17N3O2/c1-10(12-4-2-11(8-16)3-5-12)18-15(20)13-9-17-7-6-14(13)19/h2-7,9-10H,8,16H2,1H3,(H,17,19)(H,18,20). The van der Waals surface area contributed by atoms with Crippen LogP contribution in [0.15, 0.2) is 47.5 Å². The predicted octanol–water partition coefficient (Wildman–Crippen LogP) is 1.32. The Kier molecular flexibility index (Phi) is 4.32. The Hall–Kier alpha value is -2.40. The molecular formula is C15H17N3O2. The van der Waals surface area contributed by atoms with Crippen LogP contribution in [0, 0.1) is 0 Å². The Bertz CT molecular complexity index is 647. The molecule has 0 bridgehead atoms. The van der Waals surface area contributed by atoms with E-state index < -0.39 is 0 Å². The summed E-state index contributed by atoms with van der Waals surface area (Å²) >= 11 is 0. The van der Waals surface area contributed by atoms with Gasteiger partial charge < -0.3 is 16.0 Å². The molecule has 0 radical (unpaired) electrons. The van der Waals surface area contributed by atoms with Crippen molar-refractivity contribution in [3.05, 3.63) is 69.6 Å². The molecule has 1 unspecified atom stereocenters. The van der Waals surface area contributed by atoms with Gasteiger partial charge in [0.1, 0.15) is 5.56 Å². The molecule has 0 aliphatic rings. The van der Waals surface area contributed by atoms with Crippen LogP contribution in [0.4, 0.5) is 0 Å². The number of nitrogens with two attached hydrogens (primary N) is 1. The smallest absolute Gasteiger partial charge is 0.257 e. The lowest BCUT2D eigenvalue weighted by Crippen LogP contribution is -2.30. The van der Waals surface area contributed by atoms with Gasteiger partial charge in [-0.05, 0) is 18.1 Å². The molecule has 0 aliphatic carbocycles. The van der Waals surface area contributed by atoms with Crippen molar-refractivity contribution >= 4 is 5.91 Å². The Balaban J connectivity index is 2.11. The molecule has 0 spiro atoms. The van der Waals surface area contributed by atoms with Crippen molar-refractivity contribution in [1.29, 1.82) is 0 Å². The zero-order valence-corrected chi connectivity index (χ0v) is 11.2. The van der Waals surface area contributed by atoms with E-state index in [0.29, 0.717) is 6.54 Å². The average Bonchev–Trinajstić information content (AvgIpc) is 2.47. The molecule has 5 nitrogen and oxygen atoms in total. The van der Waals surface area contributed by atoms with Gasteiger partial charge in [0.15, 0.2) is 5.43 Å². The largest absolute Gasteiger partial charge is 0.367 e. The summed E-state index contributed by atoms with van der Waals surface area (Å²) in [6, 6.07) is 8.83. The van der Waals surface area contributed by atoms with Gasteiger partial charge in [0.2, 0.25) is 0 Å². The monoisotopic (exact) mass is 271 g/mol. The fraction of sp³-hybridized carbons (Fsp3) is 0.200. The highest BCUT2D eigenvalue weighted by molar-refractivity contribution is 5.93. The zero-order valence-electron chi connectivity index (χ0n) is 11.2. The summed E-state index contributed by atoms with van der Waals surface area (Å²) in [6.07, 6.45) is 2.90. The number of benzene rings is 1. The summed E-state index contributed by atoms with van der Waals surface area (Å²) in [6.45, 7) is 2.35. The van der Waals surface area contributed by atoms with Gasteiger partial charge in [-0.3, -0.25) is 9.59 Å². The first-order valence-electron chi connectivity index (χ1n) is 6.38. The molecule has 1 aromatic heterocycles. The van der Waals surface area contributed by atoms with Crippen LogP contribution in [0.3, 0.4) is 0 Å². The normalized spacial score (nSPS) is 11.9. The molecule has 2 aromatic rings. The van der Waals surface area contributed by atoms with E-state index in [1.54, 1.807) is 0 Å². The Labute approximate surface area is 116 Å². The van der Waals surface area contributed by atoms with Crippen LogP contribution in [0.2, 0.25) is 0 Å². The highest BCUT2D eigenvalue weighted by Crippen LogP contribution is 2.13. The van der Waals surface area contributed by atoms with Crippen molar-refractivity contribution in [2.75, 3.05) is 0 Å². The summed E-state index contributed by atoms with van der Waals surface area (Å²) in [4.78, 5) is 26.3. The van der Waals surface area contributed by atoms with Crippen molar-refractivity contribution in [3.8, 4) is 0 Å². The number of amides is 1. The molecule has 1 heterocycles. The van der Waals surface area contributed by atoms with Gasteiger partial charge in [-0.15, -0.1) is 0 Å². The maximum atomic E-state index is 12.0. The summed E-state index contributed by atoms with van der Waals surface area (Å²) in [5.74, 6) is -0.387. The van der Waals surface area contributed by atoms with Crippen LogP contribution in [0.25, 0.3) is 0 Å². The number of rotatable bonds is 4. The second-order valence-corrected chi connectivity index (χ2v) is 4.56. The molecule has 0 fully saturated rings. The van der Waals surface area contributed by atoms with Crippen molar-refractivity contribution in [1.82, 2.24) is 10.3 Å². The minimum Gasteiger partial charge on any atom is -0.367 e. The van der Waals surface area contributed by atoms with Crippen LogP contribution < -0.4 is 16.5 Å². The SMILES string of the molecule is CC(NC(=O)c1c[nH]ccc1=O)c1ccc(CN)cc1. The number of pyridine rings is 1. The van der Waals surface area contributed by atoms with Crippen molar-refractivity contribution in [2.45, 2.75) is 19.5 Å². The molecule has 5 heteroatoms. The predicted molar refractivity (Wildman–Crippen MR) is 77.3 cm³/mol. The molecule has 0 aliphatic heterocycles. The quantitative estimate of drug-likeness (QED) is 0.783. The maximum Gasteiger partial charge on any atom is 0.257 e. The summed E-state index contributed by atoms with van der Waals surface area (Å²) in [7, 11) is 0. The Morgan fingerprint density at radius 1 is 1.30 bits per heavy atom. The summed E-state index contributed by atoms with van der Waals surface area (Å²) in [5.41, 5.74) is 7.35. The van der Waals surface area contributed by atoms with E-state index in [0.717, 1.165) is 11.1 Å². The molecule has 1 aromatic carbocycles. The molecule has 2 rings (SSSR count). The third-order valence-corrected chi connectivity index (χ3v) is 3.13. The van der Waals surface area contributed by atoms with Gasteiger partial charge in [-0.25, -0.2) is 0 Å². The van der Waals surface area contributed by atoms with Gasteiger partial charge >= 0.3 is 0 Å². The highest BCUT2D eigenvalue weighted by Gasteiger charge is 2.13. The number of hydrogen-bond donors (Lipinski definition) is 3. The third kappa shape index (κ3) is 3.13. The lowest BCUT2D eigenvalue weighted by atomic mass is 10.1. The van der Waals surface area contributed by atoms with Crippen LogP contribution in [0.5, 0.6) is 0 Å². The molecule has 1 atom stereocenters. The van der Waals surface area contributed by atoms with Crippen molar-refractivity contribution < 1.29 is 4.79 Å². The number of hydrogen-bond acceptors (Lipinski definition) is 3. The van der Waals surface area contributed by atoms with Gasteiger partial charge in [0, 0.05) is 25.0 Å². The number of aromatic amines is 1. The maximum absolute atomic E-state index is 12.0. The van der Waals surface area contributed by atoms with Crippen molar-refractivity contribution in [2.24, 2.45) is 5.73 Å². The van der Waals surface area contributed by atoms with E-state index in [-0.39, 0.29) is 22.9 Å². The summed E-state index contributed by atoms with van der Waals surface area (Å²) < 4.78 is 0. The van der Waals surface area contributed by atoms with E-state index in [1.165, 1.54) is 18.5 Å². The molecule has 0 saturated carbocycles. The number of nitrogens with one attached hydrogen (secondary N) is 2. The fourth-order valence-electron chi connectivity index (χ4n) is 1.89. The van der Waals surface area contributed by atoms with E-state index in [4.69, 9.17) is 5.73 Å². The fourth-order valence-corrected chi connectivity index (χ4v) is 1.89. The second kappa shape index (κ2) is 6.16. The number of carbonyl (C=O) groups is 1. The zero-order chi connectivity index (χ0) is 14.5. The number of carbonyl (C=O) groups excluding carboxylic acids is 1. The van der Waals surface area contributed by atoms with Gasteiger partial charge in [-0.1, -0.05) is 24.3 Å². The van der Waals surface area contributed by atoms with Crippen LogP contribution in [0.1, 0.15) is 34.5 Å². The molecule has 0 saturated heterocycles. The highest BCUT2D eigenvalue weighted by atomic mass is 16.2. The molecule has 4 N–H and O–H groups in total. The number of H-pyrrole nitrogens is 1. The van der Waals surface area contributed by atoms with Gasteiger partial charge in [-0.2, -0.15) is 0 Å². The third-order valence-electron chi connectivity index (χ3n) is 3.13. The van der Waals surface area contributed by atoms with Crippen LogP contribution in [-0.2, 0) is 6.54 Å². The Morgan fingerprint density at radius 3 is 2.60 bits per heavy atom. The Morgan fingerprint density at radius 2 is 2.00 bits per heavy atom. The first-order chi connectivity index (χ1) is 9.61. The lowest BCUT2D eigenvalue weighted by Gasteiger charge is -2.14. The van der Waals surface area contributed by atoms with E-state index >= 15 is 0 Å². The van der Waals surface area contributed by atoms with E-state index in [9.17, 15) is 9.59 Å². The van der Waals surface area contributed by atoms with E-state index in [1.807, 2.05) is 31.2 Å². The average molecular weight is 271 g/mol.